The number of carbonyl (C=O) groups is 1. The lowest BCUT2D eigenvalue weighted by atomic mass is 10.1. The lowest BCUT2D eigenvalue weighted by Crippen LogP contribution is -2.08. The van der Waals surface area contributed by atoms with E-state index < -0.39 is 0 Å². The van der Waals surface area contributed by atoms with Crippen LogP contribution in [0.15, 0.2) is 47.8 Å². The number of rotatable bonds is 5. The zero-order chi connectivity index (χ0) is 17.9. The van der Waals surface area contributed by atoms with E-state index in [0.717, 1.165) is 21.8 Å². The maximum absolute atomic E-state index is 12.1. The molecule has 0 aliphatic carbocycles. The Hall–Kier alpha value is -2.86. The van der Waals surface area contributed by atoms with E-state index in [9.17, 15) is 4.79 Å². The van der Waals surface area contributed by atoms with Crippen molar-refractivity contribution in [2.45, 2.75) is 20.0 Å². The fraction of sp³-hybridized carbons (Fsp3) is 0.200. The molecular weight excluding hydrogens is 350 g/mol. The summed E-state index contributed by atoms with van der Waals surface area (Å²) in [5.74, 6) is 1.09. The highest BCUT2D eigenvalue weighted by Crippen LogP contribution is 2.32. The van der Waals surface area contributed by atoms with Gasteiger partial charge in [-0.05, 0) is 30.7 Å². The Kier molecular flexibility index (Phi) is 4.58. The smallest absolute Gasteiger partial charge is 0.312 e. The van der Waals surface area contributed by atoms with Gasteiger partial charge in [-0.2, -0.15) is 0 Å². The number of aromatic nitrogens is 1. The van der Waals surface area contributed by atoms with Crippen LogP contribution in [0.3, 0.4) is 0 Å². The van der Waals surface area contributed by atoms with Crippen LogP contribution >= 0.6 is 11.3 Å². The zero-order valence-corrected chi connectivity index (χ0v) is 15.0. The maximum atomic E-state index is 12.1. The molecule has 0 unspecified atom stereocenters. The van der Waals surface area contributed by atoms with E-state index in [1.54, 1.807) is 0 Å². The highest BCUT2D eigenvalue weighted by Gasteiger charge is 2.14. The Balaban J connectivity index is 1.35. The number of carbonyl (C=O) groups excluding carboxylic acids is 1. The molecule has 1 aliphatic heterocycles. The summed E-state index contributed by atoms with van der Waals surface area (Å²) in [6.45, 7) is 2.47. The molecule has 1 aliphatic rings. The molecule has 26 heavy (non-hydrogen) atoms. The zero-order valence-electron chi connectivity index (χ0n) is 14.2. The third kappa shape index (κ3) is 3.70. The summed E-state index contributed by atoms with van der Waals surface area (Å²) >= 11 is 1.53. The van der Waals surface area contributed by atoms with E-state index in [-0.39, 0.29) is 25.8 Å². The summed E-state index contributed by atoms with van der Waals surface area (Å²) in [5.41, 5.74) is 3.83. The predicted octanol–water partition coefficient (Wildman–Crippen LogP) is 4.13. The third-order valence-electron chi connectivity index (χ3n) is 3.98. The molecule has 0 spiro atoms. The second-order valence-corrected chi connectivity index (χ2v) is 6.90. The van der Waals surface area contributed by atoms with Crippen molar-refractivity contribution in [1.82, 2.24) is 4.98 Å². The van der Waals surface area contributed by atoms with Crippen molar-refractivity contribution in [3.05, 3.63) is 64.7 Å². The van der Waals surface area contributed by atoms with Gasteiger partial charge >= 0.3 is 5.97 Å². The summed E-state index contributed by atoms with van der Waals surface area (Å²) in [6, 6.07) is 13.7. The fourth-order valence-electron chi connectivity index (χ4n) is 2.69. The molecule has 2 aromatic carbocycles. The van der Waals surface area contributed by atoms with Crippen LogP contribution in [0.5, 0.6) is 11.5 Å². The molecule has 4 rings (SSSR count). The maximum Gasteiger partial charge on any atom is 0.312 e. The van der Waals surface area contributed by atoms with Gasteiger partial charge in [-0.3, -0.25) is 4.79 Å². The molecular formula is C20H17NO4S. The number of hydrogen-bond donors (Lipinski definition) is 0. The molecule has 2 heterocycles. The van der Waals surface area contributed by atoms with Crippen LogP contribution in [0.2, 0.25) is 0 Å². The molecule has 132 valence electrons. The Morgan fingerprint density at radius 3 is 2.96 bits per heavy atom. The molecule has 6 heteroatoms. The minimum absolute atomic E-state index is 0.160. The van der Waals surface area contributed by atoms with Crippen molar-refractivity contribution in [3.8, 4) is 22.1 Å². The second kappa shape index (κ2) is 7.17. The average Bonchev–Trinajstić information content (AvgIpc) is 3.28. The molecule has 0 N–H and O–H groups in total. The normalized spacial score (nSPS) is 12.2. The number of ether oxygens (including phenoxy) is 3. The van der Waals surface area contributed by atoms with Gasteiger partial charge in [0.25, 0.3) is 0 Å². The summed E-state index contributed by atoms with van der Waals surface area (Å²) in [7, 11) is 0. The van der Waals surface area contributed by atoms with Crippen molar-refractivity contribution in [3.63, 3.8) is 0 Å². The van der Waals surface area contributed by atoms with Gasteiger partial charge in [-0.25, -0.2) is 4.98 Å². The molecule has 0 amide bonds. The summed E-state index contributed by atoms with van der Waals surface area (Å²) in [6.07, 6.45) is 0.160. The molecule has 0 atom stereocenters. The van der Waals surface area contributed by atoms with Crippen LogP contribution in [0, 0.1) is 6.92 Å². The number of esters is 1. The summed E-state index contributed by atoms with van der Waals surface area (Å²) in [4.78, 5) is 16.7. The molecule has 0 radical (unpaired) electrons. The van der Waals surface area contributed by atoms with Gasteiger partial charge in [-0.1, -0.05) is 29.8 Å². The third-order valence-corrected chi connectivity index (χ3v) is 4.92. The number of nitrogens with zero attached hydrogens (tertiary/aromatic N) is 1. The van der Waals surface area contributed by atoms with Crippen LogP contribution in [0.1, 0.15) is 16.8 Å². The molecule has 5 nitrogen and oxygen atoms in total. The van der Waals surface area contributed by atoms with E-state index in [4.69, 9.17) is 14.2 Å². The van der Waals surface area contributed by atoms with Crippen molar-refractivity contribution in [2.24, 2.45) is 0 Å². The molecule has 0 fully saturated rings. The first-order chi connectivity index (χ1) is 12.7. The summed E-state index contributed by atoms with van der Waals surface area (Å²) < 4.78 is 15.9. The SMILES string of the molecule is Cc1cccc(-c2nc(CC(=O)OCc3ccc4c(c3)OCO4)cs2)c1. The minimum Gasteiger partial charge on any atom is -0.461 e. The van der Waals surface area contributed by atoms with Crippen LogP contribution in [-0.2, 0) is 22.6 Å². The first-order valence-electron chi connectivity index (χ1n) is 8.23. The van der Waals surface area contributed by atoms with E-state index in [1.165, 1.54) is 16.9 Å². The molecule has 0 saturated carbocycles. The Bertz CT molecular complexity index is 950. The molecule has 0 saturated heterocycles. The van der Waals surface area contributed by atoms with Gasteiger partial charge in [0.05, 0.1) is 12.1 Å². The second-order valence-electron chi connectivity index (χ2n) is 6.04. The van der Waals surface area contributed by atoms with Crippen molar-refractivity contribution >= 4 is 17.3 Å². The lowest BCUT2D eigenvalue weighted by molar-refractivity contribution is -0.144. The van der Waals surface area contributed by atoms with Gasteiger partial charge in [0.2, 0.25) is 6.79 Å². The minimum atomic E-state index is -0.302. The molecule has 1 aromatic heterocycles. The largest absolute Gasteiger partial charge is 0.461 e. The summed E-state index contributed by atoms with van der Waals surface area (Å²) in [5, 5.41) is 2.81. The number of benzene rings is 2. The predicted molar refractivity (Wildman–Crippen MR) is 98.4 cm³/mol. The standard InChI is InChI=1S/C20H17NO4S/c1-13-3-2-4-15(7-13)20-21-16(11-26-20)9-19(22)23-10-14-5-6-17-18(8-14)25-12-24-17/h2-8,11H,9-10,12H2,1H3. The number of hydrogen-bond acceptors (Lipinski definition) is 6. The monoisotopic (exact) mass is 367 g/mol. The van der Waals surface area contributed by atoms with Crippen LogP contribution in [-0.4, -0.2) is 17.7 Å². The van der Waals surface area contributed by atoms with Gasteiger partial charge in [0.15, 0.2) is 11.5 Å². The highest BCUT2D eigenvalue weighted by atomic mass is 32.1. The van der Waals surface area contributed by atoms with Gasteiger partial charge < -0.3 is 14.2 Å². The number of fused-ring (bicyclic) bond motifs is 1. The van der Waals surface area contributed by atoms with Crippen LogP contribution in [0.4, 0.5) is 0 Å². The van der Waals surface area contributed by atoms with Crippen LogP contribution in [0.25, 0.3) is 10.6 Å². The number of aryl methyl sites for hydroxylation is 1. The first-order valence-corrected chi connectivity index (χ1v) is 9.11. The molecule has 3 aromatic rings. The average molecular weight is 367 g/mol. The van der Waals surface area contributed by atoms with E-state index in [1.807, 2.05) is 48.7 Å². The van der Waals surface area contributed by atoms with Crippen LogP contribution < -0.4 is 9.47 Å². The van der Waals surface area contributed by atoms with E-state index >= 15 is 0 Å². The van der Waals surface area contributed by atoms with E-state index in [0.29, 0.717) is 11.5 Å². The Labute approximate surface area is 155 Å². The quantitative estimate of drug-likeness (QED) is 0.635. The number of thiazole rings is 1. The van der Waals surface area contributed by atoms with Crippen molar-refractivity contribution in [2.75, 3.05) is 6.79 Å². The molecule has 0 bridgehead atoms. The van der Waals surface area contributed by atoms with Gasteiger partial charge in [0, 0.05) is 10.9 Å². The topological polar surface area (TPSA) is 57.7 Å². The van der Waals surface area contributed by atoms with E-state index in [2.05, 4.69) is 11.1 Å². The first kappa shape index (κ1) is 16.6. The highest BCUT2D eigenvalue weighted by molar-refractivity contribution is 7.13. The lowest BCUT2D eigenvalue weighted by Gasteiger charge is -2.05. The Morgan fingerprint density at radius 2 is 2.08 bits per heavy atom. The van der Waals surface area contributed by atoms with Gasteiger partial charge in [-0.15, -0.1) is 11.3 Å². The Morgan fingerprint density at radius 1 is 1.19 bits per heavy atom. The van der Waals surface area contributed by atoms with Crippen molar-refractivity contribution < 1.29 is 19.0 Å². The van der Waals surface area contributed by atoms with Crippen molar-refractivity contribution in [1.29, 1.82) is 0 Å². The van der Waals surface area contributed by atoms with Gasteiger partial charge in [0.1, 0.15) is 11.6 Å². The fourth-order valence-corrected chi connectivity index (χ4v) is 3.51.